The van der Waals surface area contributed by atoms with Crippen LogP contribution in [0.1, 0.15) is 25.1 Å². The number of carboxylic acid groups (broad SMARTS) is 1. The molecule has 0 aromatic carbocycles. The molecule has 2 rings (SSSR count). The predicted octanol–water partition coefficient (Wildman–Crippen LogP) is 1.51. The Bertz CT molecular complexity index is 419. The highest BCUT2D eigenvalue weighted by atomic mass is 35.5. The summed E-state index contributed by atoms with van der Waals surface area (Å²) in [4.78, 5) is 17.3. The van der Waals surface area contributed by atoms with Crippen LogP contribution in [0.15, 0.2) is 6.20 Å². The van der Waals surface area contributed by atoms with E-state index in [-0.39, 0.29) is 6.04 Å². The van der Waals surface area contributed by atoms with E-state index in [2.05, 4.69) is 4.98 Å². The fourth-order valence-corrected chi connectivity index (χ4v) is 2.36. The Morgan fingerprint density at radius 1 is 1.65 bits per heavy atom. The monoisotopic (exact) mass is 257 g/mol. The van der Waals surface area contributed by atoms with Gasteiger partial charge in [0.1, 0.15) is 17.0 Å². The molecule has 1 unspecified atom stereocenters. The van der Waals surface area contributed by atoms with Crippen molar-refractivity contribution in [3.63, 3.8) is 0 Å². The van der Waals surface area contributed by atoms with Gasteiger partial charge in [-0.3, -0.25) is 9.69 Å². The molecule has 1 saturated heterocycles. The average Bonchev–Trinajstić information content (AvgIpc) is 2.61. The van der Waals surface area contributed by atoms with Crippen molar-refractivity contribution in [2.45, 2.75) is 31.8 Å². The van der Waals surface area contributed by atoms with E-state index in [4.69, 9.17) is 16.7 Å². The predicted molar refractivity (Wildman–Crippen MR) is 63.9 cm³/mol. The van der Waals surface area contributed by atoms with Crippen LogP contribution < -0.4 is 0 Å². The summed E-state index contributed by atoms with van der Waals surface area (Å²) < 4.78 is 1.79. The van der Waals surface area contributed by atoms with Gasteiger partial charge >= 0.3 is 5.97 Å². The van der Waals surface area contributed by atoms with E-state index in [1.807, 2.05) is 11.9 Å². The number of aromatic nitrogens is 2. The number of carboxylic acids is 1. The summed E-state index contributed by atoms with van der Waals surface area (Å²) in [5, 5.41) is 9.74. The van der Waals surface area contributed by atoms with Gasteiger partial charge in [-0.2, -0.15) is 0 Å². The third-order valence-electron chi connectivity index (χ3n) is 3.27. The van der Waals surface area contributed by atoms with Gasteiger partial charge in [-0.05, 0) is 19.4 Å². The topological polar surface area (TPSA) is 58.4 Å². The number of hydrogen-bond donors (Lipinski definition) is 1. The summed E-state index contributed by atoms with van der Waals surface area (Å²) in [5.74, 6) is 0.0631. The highest BCUT2D eigenvalue weighted by Gasteiger charge is 2.29. The molecule has 1 fully saturated rings. The number of likely N-dealkylation sites (tertiary alicyclic amines) is 1. The number of halogens is 1. The van der Waals surface area contributed by atoms with E-state index in [1.165, 1.54) is 0 Å². The van der Waals surface area contributed by atoms with Crippen molar-refractivity contribution in [3.05, 3.63) is 17.2 Å². The number of hydrogen-bond acceptors (Lipinski definition) is 3. The first-order valence-electron chi connectivity index (χ1n) is 5.72. The molecule has 1 aromatic heterocycles. The minimum atomic E-state index is -0.745. The molecule has 17 heavy (non-hydrogen) atoms. The van der Waals surface area contributed by atoms with Crippen LogP contribution in [0.25, 0.3) is 0 Å². The summed E-state index contributed by atoms with van der Waals surface area (Å²) in [5.41, 5.74) is 0. The second kappa shape index (κ2) is 5.06. The van der Waals surface area contributed by atoms with Gasteiger partial charge in [-0.1, -0.05) is 18.0 Å². The smallest absolute Gasteiger partial charge is 0.320 e. The molecule has 0 radical (unpaired) electrons. The quantitative estimate of drug-likeness (QED) is 0.892. The Kier molecular flexibility index (Phi) is 3.69. The Balaban J connectivity index is 2.10. The van der Waals surface area contributed by atoms with Crippen molar-refractivity contribution in [3.8, 4) is 0 Å². The molecular weight excluding hydrogens is 242 g/mol. The second-order valence-electron chi connectivity index (χ2n) is 4.38. The van der Waals surface area contributed by atoms with Gasteiger partial charge in [-0.25, -0.2) is 4.98 Å². The first-order chi connectivity index (χ1) is 8.09. The SMILES string of the molecule is Cn1c(Cl)cnc1CN1CCCCC1C(=O)O. The molecule has 2 heterocycles. The van der Waals surface area contributed by atoms with Crippen molar-refractivity contribution >= 4 is 17.6 Å². The lowest BCUT2D eigenvalue weighted by Crippen LogP contribution is -2.44. The van der Waals surface area contributed by atoms with Gasteiger partial charge in [0.05, 0.1) is 12.7 Å². The Labute approximate surface area is 105 Å². The largest absolute Gasteiger partial charge is 0.480 e. The van der Waals surface area contributed by atoms with Crippen molar-refractivity contribution in [2.24, 2.45) is 7.05 Å². The molecule has 1 aliphatic heterocycles. The highest BCUT2D eigenvalue weighted by Crippen LogP contribution is 2.20. The minimum Gasteiger partial charge on any atom is -0.480 e. The summed E-state index contributed by atoms with van der Waals surface area (Å²) in [7, 11) is 1.84. The zero-order chi connectivity index (χ0) is 12.4. The first-order valence-corrected chi connectivity index (χ1v) is 6.10. The van der Waals surface area contributed by atoms with Crippen LogP contribution in [0.4, 0.5) is 0 Å². The number of carbonyl (C=O) groups is 1. The molecule has 0 spiro atoms. The van der Waals surface area contributed by atoms with Crippen LogP contribution in [0, 0.1) is 0 Å². The fraction of sp³-hybridized carbons (Fsp3) is 0.636. The molecule has 1 aromatic rings. The maximum absolute atomic E-state index is 11.2. The van der Waals surface area contributed by atoms with Gasteiger partial charge in [0, 0.05) is 7.05 Å². The molecule has 0 aliphatic carbocycles. The molecule has 1 atom stereocenters. The van der Waals surface area contributed by atoms with Gasteiger partial charge < -0.3 is 9.67 Å². The average molecular weight is 258 g/mol. The summed E-state index contributed by atoms with van der Waals surface area (Å²) >= 11 is 5.91. The number of rotatable bonds is 3. The third-order valence-corrected chi connectivity index (χ3v) is 3.62. The van der Waals surface area contributed by atoms with E-state index in [9.17, 15) is 4.79 Å². The van der Waals surface area contributed by atoms with E-state index < -0.39 is 5.97 Å². The van der Waals surface area contributed by atoms with Gasteiger partial charge in [0.25, 0.3) is 0 Å². The highest BCUT2D eigenvalue weighted by molar-refractivity contribution is 6.29. The van der Waals surface area contributed by atoms with Crippen LogP contribution in [0.5, 0.6) is 0 Å². The van der Waals surface area contributed by atoms with Crippen LogP contribution in [-0.4, -0.2) is 38.1 Å². The van der Waals surface area contributed by atoms with Crippen molar-refractivity contribution in [2.75, 3.05) is 6.54 Å². The fourth-order valence-electron chi connectivity index (χ4n) is 2.21. The molecule has 1 N–H and O–H groups in total. The first kappa shape index (κ1) is 12.4. The van der Waals surface area contributed by atoms with Crippen LogP contribution in [0.2, 0.25) is 5.15 Å². The zero-order valence-corrected chi connectivity index (χ0v) is 10.5. The molecule has 1 aliphatic rings. The number of nitrogens with zero attached hydrogens (tertiary/aromatic N) is 3. The molecule has 0 amide bonds. The Hall–Kier alpha value is -1.07. The molecule has 6 heteroatoms. The minimum absolute atomic E-state index is 0.390. The van der Waals surface area contributed by atoms with Gasteiger partial charge in [0.2, 0.25) is 0 Å². The van der Waals surface area contributed by atoms with Crippen molar-refractivity contribution < 1.29 is 9.90 Å². The number of piperidine rings is 1. The lowest BCUT2D eigenvalue weighted by Gasteiger charge is -2.32. The summed E-state index contributed by atoms with van der Waals surface area (Å²) in [6, 6.07) is -0.390. The van der Waals surface area contributed by atoms with Crippen LogP contribution in [0.3, 0.4) is 0 Å². The Morgan fingerprint density at radius 3 is 3.00 bits per heavy atom. The zero-order valence-electron chi connectivity index (χ0n) is 9.77. The van der Waals surface area contributed by atoms with E-state index in [0.29, 0.717) is 18.1 Å². The van der Waals surface area contributed by atoms with Gasteiger partial charge in [-0.15, -0.1) is 0 Å². The van der Waals surface area contributed by atoms with Crippen molar-refractivity contribution in [1.82, 2.24) is 14.5 Å². The second-order valence-corrected chi connectivity index (χ2v) is 4.76. The van der Waals surface area contributed by atoms with Crippen LogP contribution >= 0.6 is 11.6 Å². The van der Waals surface area contributed by atoms with E-state index in [0.717, 1.165) is 25.2 Å². The molecule has 0 bridgehead atoms. The van der Waals surface area contributed by atoms with E-state index in [1.54, 1.807) is 10.8 Å². The van der Waals surface area contributed by atoms with Crippen LogP contribution in [-0.2, 0) is 18.4 Å². The number of imidazole rings is 1. The summed E-state index contributed by atoms with van der Waals surface area (Å²) in [6.07, 6.45) is 4.33. The number of aliphatic carboxylic acids is 1. The molecule has 0 saturated carbocycles. The van der Waals surface area contributed by atoms with E-state index >= 15 is 0 Å². The normalized spacial score (nSPS) is 21.6. The standard InChI is InChI=1S/C11H16ClN3O2/c1-14-9(12)6-13-10(14)7-15-5-3-2-4-8(15)11(16)17/h6,8H,2-5,7H2,1H3,(H,16,17). The maximum atomic E-state index is 11.2. The molecular formula is C11H16ClN3O2. The Morgan fingerprint density at radius 2 is 2.41 bits per heavy atom. The van der Waals surface area contributed by atoms with Crippen molar-refractivity contribution in [1.29, 1.82) is 0 Å². The third kappa shape index (κ3) is 2.61. The van der Waals surface area contributed by atoms with Gasteiger partial charge in [0.15, 0.2) is 0 Å². The molecule has 94 valence electrons. The lowest BCUT2D eigenvalue weighted by molar-refractivity contribution is -0.144. The summed E-state index contributed by atoms with van der Waals surface area (Å²) in [6.45, 7) is 1.35. The molecule has 5 nitrogen and oxygen atoms in total. The maximum Gasteiger partial charge on any atom is 0.320 e. The lowest BCUT2D eigenvalue weighted by atomic mass is 10.0.